The van der Waals surface area contributed by atoms with E-state index < -0.39 is 0 Å². The molecule has 0 saturated carbocycles. The van der Waals surface area contributed by atoms with E-state index in [1.807, 2.05) is 31.2 Å². The first kappa shape index (κ1) is 17.5. The molecule has 5 heteroatoms. The molecule has 2 aromatic carbocycles. The summed E-state index contributed by atoms with van der Waals surface area (Å²) >= 11 is 0. The van der Waals surface area contributed by atoms with Crippen LogP contribution in [0.15, 0.2) is 48.5 Å². The summed E-state index contributed by atoms with van der Waals surface area (Å²) in [5.74, 6) is 0.832. The van der Waals surface area contributed by atoms with E-state index in [-0.39, 0.29) is 18.0 Å². The average Bonchev–Trinajstić information content (AvgIpc) is 3.11. The van der Waals surface area contributed by atoms with Crippen molar-refractivity contribution in [3.63, 3.8) is 0 Å². The van der Waals surface area contributed by atoms with Crippen LogP contribution in [0.1, 0.15) is 36.1 Å². The first-order valence-electron chi connectivity index (χ1n) is 8.73. The van der Waals surface area contributed by atoms with Crippen LogP contribution < -0.4 is 20.9 Å². The van der Waals surface area contributed by atoms with E-state index in [4.69, 9.17) is 4.74 Å². The van der Waals surface area contributed by atoms with Gasteiger partial charge < -0.3 is 10.1 Å². The van der Waals surface area contributed by atoms with Crippen LogP contribution in [0.3, 0.4) is 0 Å². The lowest BCUT2D eigenvalue weighted by molar-refractivity contribution is -0.123. The number of carbonyl (C=O) groups is 1. The first-order chi connectivity index (χ1) is 12.2. The second-order valence-corrected chi connectivity index (χ2v) is 6.34. The smallest absolute Gasteiger partial charge is 0.238 e. The van der Waals surface area contributed by atoms with E-state index in [1.165, 1.54) is 11.1 Å². The number of amides is 1. The molecule has 1 aliphatic rings. The van der Waals surface area contributed by atoms with Crippen molar-refractivity contribution in [1.82, 2.24) is 16.2 Å². The highest BCUT2D eigenvalue weighted by Crippen LogP contribution is 2.22. The van der Waals surface area contributed by atoms with Crippen molar-refractivity contribution >= 4 is 5.91 Å². The second-order valence-electron chi connectivity index (χ2n) is 6.34. The van der Waals surface area contributed by atoms with E-state index in [0.717, 1.165) is 17.7 Å². The molecule has 1 aliphatic heterocycles. The van der Waals surface area contributed by atoms with Gasteiger partial charge in [0.05, 0.1) is 6.61 Å². The molecule has 2 atom stereocenters. The van der Waals surface area contributed by atoms with E-state index in [2.05, 4.69) is 47.4 Å². The van der Waals surface area contributed by atoms with Crippen LogP contribution in [0.5, 0.6) is 5.75 Å². The Bertz CT molecular complexity index is 715. The zero-order valence-electron chi connectivity index (χ0n) is 14.7. The largest absolute Gasteiger partial charge is 0.494 e. The minimum Gasteiger partial charge on any atom is -0.494 e. The number of aryl methyl sites for hydroxylation is 1. The minimum absolute atomic E-state index is 0.00363. The summed E-state index contributed by atoms with van der Waals surface area (Å²) in [4.78, 5) is 12.4. The molecule has 0 aromatic heterocycles. The number of benzene rings is 2. The molecule has 0 radical (unpaired) electrons. The number of rotatable bonds is 6. The predicted molar refractivity (Wildman–Crippen MR) is 98.1 cm³/mol. The molecular weight excluding hydrogens is 314 g/mol. The quantitative estimate of drug-likeness (QED) is 0.757. The van der Waals surface area contributed by atoms with E-state index in [1.54, 1.807) is 0 Å². The van der Waals surface area contributed by atoms with Crippen LogP contribution in [0.4, 0.5) is 0 Å². The average molecular weight is 339 g/mol. The highest BCUT2D eigenvalue weighted by molar-refractivity contribution is 5.82. The summed E-state index contributed by atoms with van der Waals surface area (Å²) in [6, 6.07) is 16.1. The highest BCUT2D eigenvalue weighted by atomic mass is 16.5. The fourth-order valence-corrected chi connectivity index (χ4v) is 2.97. The highest BCUT2D eigenvalue weighted by Gasteiger charge is 2.29. The predicted octanol–water partition coefficient (Wildman–Crippen LogP) is 2.62. The van der Waals surface area contributed by atoms with Crippen LogP contribution >= 0.6 is 0 Å². The maximum Gasteiger partial charge on any atom is 0.238 e. The summed E-state index contributed by atoms with van der Waals surface area (Å²) in [6.07, 6.45) is 0.730. The normalized spacial score (nSPS) is 19.6. The Morgan fingerprint density at radius 3 is 2.76 bits per heavy atom. The van der Waals surface area contributed by atoms with Crippen molar-refractivity contribution in [2.45, 2.75) is 38.9 Å². The molecule has 3 N–H and O–H groups in total. The standard InChI is InChI=1S/C20H25N3O2/c1-3-25-17-6-4-5-15(11-17)13-21-20(24)19-12-18(22-23-19)16-9-7-14(2)8-10-16/h4-11,18-19,22-23H,3,12-13H2,1-2H3,(H,21,24). The molecule has 3 rings (SSSR count). The first-order valence-corrected chi connectivity index (χ1v) is 8.73. The van der Waals surface area contributed by atoms with Crippen LogP contribution in [-0.4, -0.2) is 18.6 Å². The lowest BCUT2D eigenvalue weighted by Crippen LogP contribution is -2.42. The Labute approximate surface area is 148 Å². The van der Waals surface area contributed by atoms with Crippen molar-refractivity contribution in [2.75, 3.05) is 6.61 Å². The van der Waals surface area contributed by atoms with Gasteiger partial charge in [-0.1, -0.05) is 42.0 Å². The summed E-state index contributed by atoms with van der Waals surface area (Å²) in [5.41, 5.74) is 9.77. The van der Waals surface area contributed by atoms with E-state index in [0.29, 0.717) is 13.2 Å². The summed E-state index contributed by atoms with van der Waals surface area (Å²) in [5, 5.41) is 2.99. The maximum atomic E-state index is 12.4. The van der Waals surface area contributed by atoms with Gasteiger partial charge in [0.1, 0.15) is 11.8 Å². The number of hydrogen-bond acceptors (Lipinski definition) is 4. The van der Waals surface area contributed by atoms with Gasteiger partial charge in [0.15, 0.2) is 0 Å². The van der Waals surface area contributed by atoms with Gasteiger partial charge >= 0.3 is 0 Å². The maximum absolute atomic E-state index is 12.4. The molecule has 5 nitrogen and oxygen atoms in total. The molecule has 2 unspecified atom stereocenters. The molecule has 1 saturated heterocycles. The summed E-state index contributed by atoms with van der Waals surface area (Å²) < 4.78 is 5.49. The topological polar surface area (TPSA) is 62.4 Å². The zero-order valence-corrected chi connectivity index (χ0v) is 14.7. The van der Waals surface area contributed by atoms with Crippen molar-refractivity contribution in [3.05, 3.63) is 65.2 Å². The summed E-state index contributed by atoms with van der Waals surface area (Å²) in [6.45, 7) is 5.15. The minimum atomic E-state index is -0.235. The Morgan fingerprint density at radius 1 is 1.20 bits per heavy atom. The molecule has 25 heavy (non-hydrogen) atoms. The van der Waals surface area contributed by atoms with Crippen LogP contribution in [0.2, 0.25) is 0 Å². The van der Waals surface area contributed by atoms with Crippen molar-refractivity contribution < 1.29 is 9.53 Å². The second kappa shape index (κ2) is 8.14. The Morgan fingerprint density at radius 2 is 2.00 bits per heavy atom. The van der Waals surface area contributed by atoms with Gasteiger partial charge in [-0.2, -0.15) is 0 Å². The SMILES string of the molecule is CCOc1cccc(CNC(=O)C2CC(c3ccc(C)cc3)NN2)c1. The number of carbonyl (C=O) groups excluding carboxylic acids is 1. The van der Waals surface area contributed by atoms with Gasteiger partial charge in [0, 0.05) is 12.6 Å². The third kappa shape index (κ3) is 4.59. The van der Waals surface area contributed by atoms with Crippen LogP contribution in [0, 0.1) is 6.92 Å². The van der Waals surface area contributed by atoms with Gasteiger partial charge in [0.2, 0.25) is 5.91 Å². The Kier molecular flexibility index (Phi) is 5.68. The van der Waals surface area contributed by atoms with E-state index in [9.17, 15) is 4.79 Å². The lowest BCUT2D eigenvalue weighted by atomic mass is 10.0. The van der Waals surface area contributed by atoms with Crippen LogP contribution in [-0.2, 0) is 11.3 Å². The van der Waals surface area contributed by atoms with Gasteiger partial charge in [-0.25, -0.2) is 10.9 Å². The van der Waals surface area contributed by atoms with Crippen molar-refractivity contribution in [3.8, 4) is 5.75 Å². The molecule has 0 aliphatic carbocycles. The summed E-state index contributed by atoms with van der Waals surface area (Å²) in [7, 11) is 0. The van der Waals surface area contributed by atoms with Crippen LogP contribution in [0.25, 0.3) is 0 Å². The Hall–Kier alpha value is -2.37. The Balaban J connectivity index is 1.52. The number of ether oxygens (including phenoxy) is 1. The third-order valence-corrected chi connectivity index (χ3v) is 4.38. The molecule has 132 valence electrons. The monoisotopic (exact) mass is 339 g/mol. The zero-order chi connectivity index (χ0) is 17.6. The molecule has 0 bridgehead atoms. The van der Waals surface area contributed by atoms with Crippen molar-refractivity contribution in [1.29, 1.82) is 0 Å². The molecule has 0 spiro atoms. The number of hydrazine groups is 1. The fourth-order valence-electron chi connectivity index (χ4n) is 2.97. The lowest BCUT2D eigenvalue weighted by Gasteiger charge is -2.12. The molecule has 1 amide bonds. The third-order valence-electron chi connectivity index (χ3n) is 4.38. The number of hydrogen-bond donors (Lipinski definition) is 3. The van der Waals surface area contributed by atoms with Gasteiger partial charge in [-0.15, -0.1) is 0 Å². The molecule has 1 fully saturated rings. The molecule has 2 aromatic rings. The van der Waals surface area contributed by atoms with Gasteiger partial charge in [0.25, 0.3) is 0 Å². The molecule has 1 heterocycles. The van der Waals surface area contributed by atoms with E-state index >= 15 is 0 Å². The van der Waals surface area contributed by atoms with Gasteiger partial charge in [-0.05, 0) is 43.5 Å². The fraction of sp³-hybridized carbons (Fsp3) is 0.350. The van der Waals surface area contributed by atoms with Gasteiger partial charge in [-0.3, -0.25) is 4.79 Å². The number of nitrogens with one attached hydrogen (secondary N) is 3. The van der Waals surface area contributed by atoms with Crippen molar-refractivity contribution in [2.24, 2.45) is 0 Å². The molecular formula is C20H25N3O2.